The molecule has 1 heterocycles. The summed E-state index contributed by atoms with van der Waals surface area (Å²) in [6.07, 6.45) is 1.47. The zero-order valence-corrected chi connectivity index (χ0v) is 18.2. The van der Waals surface area contributed by atoms with Crippen LogP contribution in [0.4, 0.5) is 11.5 Å². The maximum atomic E-state index is 13.0. The quantitative estimate of drug-likeness (QED) is 0.558. The predicted molar refractivity (Wildman–Crippen MR) is 115 cm³/mol. The molecule has 2 aromatic rings. The molecule has 0 aliphatic carbocycles. The number of hydrogen-bond donors (Lipinski definition) is 3. The molecule has 0 aliphatic heterocycles. The van der Waals surface area contributed by atoms with Crippen LogP contribution in [0.2, 0.25) is 0 Å². The van der Waals surface area contributed by atoms with E-state index in [2.05, 4.69) is 9.71 Å². The molecule has 164 valence electrons. The minimum Gasteiger partial charge on any atom is -0.383 e. The summed E-state index contributed by atoms with van der Waals surface area (Å²) in [5, 5.41) is 0. The van der Waals surface area contributed by atoms with E-state index in [4.69, 9.17) is 5.73 Å². The first kappa shape index (κ1) is 23.4. The van der Waals surface area contributed by atoms with Gasteiger partial charge in [0, 0.05) is 25.2 Å². The molecule has 0 atom stereocenters. The van der Waals surface area contributed by atoms with Gasteiger partial charge in [0.25, 0.3) is 11.5 Å². The third-order valence-corrected chi connectivity index (χ3v) is 6.03. The van der Waals surface area contributed by atoms with E-state index >= 15 is 0 Å². The molecular formula is C19H27N5O5S. The average Bonchev–Trinajstić information content (AvgIpc) is 2.66. The highest BCUT2D eigenvalue weighted by molar-refractivity contribution is 7.89. The summed E-state index contributed by atoms with van der Waals surface area (Å²) in [5.74, 6) is -0.771. The molecule has 1 aromatic carbocycles. The third-order valence-electron chi connectivity index (χ3n) is 4.37. The normalized spacial score (nSPS) is 11.6. The number of sulfonamides is 1. The van der Waals surface area contributed by atoms with Gasteiger partial charge in [0.15, 0.2) is 5.69 Å². The molecule has 0 bridgehead atoms. The van der Waals surface area contributed by atoms with Crippen LogP contribution >= 0.6 is 0 Å². The Morgan fingerprint density at radius 2 is 1.97 bits per heavy atom. The molecule has 30 heavy (non-hydrogen) atoms. The SMILES string of the molecule is CCCCn1c(N)c(N(C)C(=O)c2cccc(S(=O)(=O)NC(C)C)c2)c(=O)[nH]c1=O. The number of H-pyrrole nitrogens is 1. The fraction of sp³-hybridized carbons (Fsp3) is 0.421. The van der Waals surface area contributed by atoms with Crippen LogP contribution in [-0.4, -0.2) is 37.0 Å². The number of nitrogens with zero attached hydrogens (tertiary/aromatic N) is 2. The number of nitrogen functional groups attached to an aromatic ring is 1. The predicted octanol–water partition coefficient (Wildman–Crippen LogP) is 0.882. The molecule has 4 N–H and O–H groups in total. The summed E-state index contributed by atoms with van der Waals surface area (Å²) in [5.41, 5.74) is 4.46. The van der Waals surface area contributed by atoms with Gasteiger partial charge in [-0.3, -0.25) is 19.1 Å². The smallest absolute Gasteiger partial charge is 0.330 e. The van der Waals surface area contributed by atoms with Crippen molar-refractivity contribution in [1.29, 1.82) is 0 Å². The van der Waals surface area contributed by atoms with Gasteiger partial charge in [-0.1, -0.05) is 19.4 Å². The molecule has 1 aromatic heterocycles. The average molecular weight is 438 g/mol. The fourth-order valence-electron chi connectivity index (χ4n) is 2.91. The van der Waals surface area contributed by atoms with Gasteiger partial charge >= 0.3 is 5.69 Å². The Kier molecular flexibility index (Phi) is 7.21. The van der Waals surface area contributed by atoms with Crippen LogP contribution in [0, 0.1) is 0 Å². The molecule has 1 amide bonds. The van der Waals surface area contributed by atoms with Crippen LogP contribution in [0.3, 0.4) is 0 Å². The number of amides is 1. The van der Waals surface area contributed by atoms with Crippen molar-refractivity contribution >= 4 is 27.4 Å². The van der Waals surface area contributed by atoms with Gasteiger partial charge in [-0.05, 0) is 38.5 Å². The Morgan fingerprint density at radius 3 is 2.57 bits per heavy atom. The number of hydrogen-bond acceptors (Lipinski definition) is 6. The van der Waals surface area contributed by atoms with E-state index < -0.39 is 27.2 Å². The van der Waals surface area contributed by atoms with Crippen molar-refractivity contribution in [2.45, 2.75) is 51.1 Å². The Labute approximate surface area is 174 Å². The standard InChI is InChI=1S/C19H27N5O5S/c1-5-6-10-24-16(20)15(17(25)21-19(24)27)23(4)18(26)13-8-7-9-14(11-13)30(28,29)22-12(2)3/h7-9,11-12,22H,5-6,10,20H2,1-4H3,(H,21,25,27). The second-order valence-electron chi connectivity index (χ2n) is 7.17. The van der Waals surface area contributed by atoms with Gasteiger partial charge in [0.05, 0.1) is 4.90 Å². The first-order valence-corrected chi connectivity index (χ1v) is 11.0. The molecule has 0 fully saturated rings. The number of rotatable bonds is 8. The monoisotopic (exact) mass is 437 g/mol. The number of aromatic nitrogens is 2. The summed E-state index contributed by atoms with van der Waals surface area (Å²) in [6.45, 7) is 5.60. The van der Waals surface area contributed by atoms with Crippen LogP contribution in [0.5, 0.6) is 0 Å². The third kappa shape index (κ3) is 4.97. The number of carbonyl (C=O) groups excluding carboxylic acids is 1. The van der Waals surface area contributed by atoms with E-state index in [1.165, 1.54) is 35.9 Å². The highest BCUT2D eigenvalue weighted by Crippen LogP contribution is 2.20. The van der Waals surface area contributed by atoms with Crippen LogP contribution in [-0.2, 0) is 16.6 Å². The lowest BCUT2D eigenvalue weighted by atomic mass is 10.2. The lowest BCUT2D eigenvalue weighted by Gasteiger charge is -2.20. The minimum atomic E-state index is -3.80. The zero-order chi connectivity index (χ0) is 22.6. The number of nitrogens with two attached hydrogens (primary N) is 1. The molecule has 0 unspecified atom stereocenters. The number of benzene rings is 1. The van der Waals surface area contributed by atoms with Crippen molar-refractivity contribution in [1.82, 2.24) is 14.3 Å². The number of unbranched alkanes of at least 4 members (excludes halogenated alkanes) is 1. The summed E-state index contributed by atoms with van der Waals surface area (Å²) < 4.78 is 28.5. The molecule has 10 nitrogen and oxygen atoms in total. The largest absolute Gasteiger partial charge is 0.383 e. The van der Waals surface area contributed by atoms with Crippen molar-refractivity contribution < 1.29 is 13.2 Å². The lowest BCUT2D eigenvalue weighted by Crippen LogP contribution is -2.39. The molecule has 0 saturated carbocycles. The van der Waals surface area contributed by atoms with Crippen molar-refractivity contribution in [3.63, 3.8) is 0 Å². The van der Waals surface area contributed by atoms with Gasteiger partial charge in [-0.25, -0.2) is 17.9 Å². The highest BCUT2D eigenvalue weighted by atomic mass is 32.2. The highest BCUT2D eigenvalue weighted by Gasteiger charge is 2.23. The van der Waals surface area contributed by atoms with Crippen LogP contribution in [0.25, 0.3) is 0 Å². The fourth-order valence-corrected chi connectivity index (χ4v) is 4.21. The lowest BCUT2D eigenvalue weighted by molar-refractivity contribution is 0.0992. The van der Waals surface area contributed by atoms with Crippen molar-refractivity contribution in [3.05, 3.63) is 50.7 Å². The van der Waals surface area contributed by atoms with E-state index in [0.717, 1.165) is 11.3 Å². The molecule has 0 aliphatic rings. The van der Waals surface area contributed by atoms with Gasteiger partial charge in [0.1, 0.15) is 5.82 Å². The number of anilines is 2. The maximum Gasteiger partial charge on any atom is 0.330 e. The molecule has 0 radical (unpaired) electrons. The first-order valence-electron chi connectivity index (χ1n) is 9.52. The van der Waals surface area contributed by atoms with Crippen molar-refractivity contribution in [3.8, 4) is 0 Å². The second kappa shape index (κ2) is 9.26. The molecular weight excluding hydrogens is 410 g/mol. The Hall–Kier alpha value is -2.92. The second-order valence-corrected chi connectivity index (χ2v) is 8.88. The summed E-state index contributed by atoms with van der Waals surface area (Å²) >= 11 is 0. The topological polar surface area (TPSA) is 147 Å². The van der Waals surface area contributed by atoms with E-state index in [9.17, 15) is 22.8 Å². The van der Waals surface area contributed by atoms with E-state index in [1.54, 1.807) is 13.8 Å². The van der Waals surface area contributed by atoms with E-state index in [1.807, 2.05) is 6.92 Å². The van der Waals surface area contributed by atoms with Gasteiger partial charge in [-0.2, -0.15) is 0 Å². The molecule has 2 rings (SSSR count). The number of nitrogens with one attached hydrogen (secondary N) is 2. The summed E-state index contributed by atoms with van der Waals surface area (Å²) in [4.78, 5) is 40.5. The summed E-state index contributed by atoms with van der Waals surface area (Å²) in [7, 11) is -2.46. The van der Waals surface area contributed by atoms with Gasteiger partial charge in [-0.15, -0.1) is 0 Å². The first-order chi connectivity index (χ1) is 14.0. The van der Waals surface area contributed by atoms with E-state index in [0.29, 0.717) is 13.0 Å². The zero-order valence-electron chi connectivity index (χ0n) is 17.4. The van der Waals surface area contributed by atoms with Crippen LogP contribution < -0.4 is 26.6 Å². The van der Waals surface area contributed by atoms with Crippen LogP contribution in [0.1, 0.15) is 44.0 Å². The van der Waals surface area contributed by atoms with Crippen molar-refractivity contribution in [2.24, 2.45) is 0 Å². The van der Waals surface area contributed by atoms with E-state index in [-0.39, 0.29) is 28.0 Å². The minimum absolute atomic E-state index is 0.0502. The number of carbonyl (C=O) groups is 1. The molecule has 0 saturated heterocycles. The maximum absolute atomic E-state index is 13.0. The Morgan fingerprint density at radius 1 is 1.30 bits per heavy atom. The summed E-state index contributed by atoms with van der Waals surface area (Å²) in [6, 6.07) is 5.14. The van der Waals surface area contributed by atoms with Gasteiger partial charge < -0.3 is 10.6 Å². The number of aromatic amines is 1. The molecule has 0 spiro atoms. The van der Waals surface area contributed by atoms with Crippen LogP contribution in [0.15, 0.2) is 38.8 Å². The Balaban J connectivity index is 2.47. The molecule has 11 heteroatoms. The van der Waals surface area contributed by atoms with Crippen molar-refractivity contribution in [2.75, 3.05) is 17.7 Å². The Bertz CT molecular complexity index is 1150. The van der Waals surface area contributed by atoms with Gasteiger partial charge in [0.2, 0.25) is 10.0 Å².